The Hall–Kier alpha value is -2.46. The minimum Gasteiger partial charge on any atom is -0.504 e. The van der Waals surface area contributed by atoms with Gasteiger partial charge in [0.15, 0.2) is 11.5 Å². The minimum absolute atomic E-state index is 0.227. The molecule has 152 valence electrons. The molecule has 4 nitrogen and oxygen atoms in total. The Kier molecular flexibility index (Phi) is 7.94. The fourth-order valence-electron chi connectivity index (χ4n) is 3.88. The van der Waals surface area contributed by atoms with Crippen LogP contribution in [0.3, 0.4) is 0 Å². The van der Waals surface area contributed by atoms with Gasteiger partial charge in [0.05, 0.1) is 14.2 Å². The Morgan fingerprint density at radius 1 is 1.07 bits per heavy atom. The smallest absolute Gasteiger partial charge is 0.160 e. The summed E-state index contributed by atoms with van der Waals surface area (Å²) >= 11 is 0. The molecule has 1 atom stereocenters. The van der Waals surface area contributed by atoms with Crippen LogP contribution in [-0.4, -0.2) is 30.8 Å². The van der Waals surface area contributed by atoms with Crippen LogP contribution in [0.1, 0.15) is 49.1 Å². The molecule has 0 saturated heterocycles. The van der Waals surface area contributed by atoms with Gasteiger partial charge >= 0.3 is 0 Å². The van der Waals surface area contributed by atoms with Crippen molar-refractivity contribution in [1.82, 2.24) is 4.90 Å². The lowest BCUT2D eigenvalue weighted by Gasteiger charge is -2.41. The molecule has 0 aliphatic carbocycles. The topological polar surface area (TPSA) is 41.9 Å². The summed E-state index contributed by atoms with van der Waals surface area (Å²) < 4.78 is 10.6. The molecule has 1 N–H and O–H groups in total. The van der Waals surface area contributed by atoms with E-state index in [1.807, 2.05) is 39.0 Å². The van der Waals surface area contributed by atoms with E-state index in [0.717, 1.165) is 31.7 Å². The minimum atomic E-state index is 0.227. The van der Waals surface area contributed by atoms with E-state index in [2.05, 4.69) is 23.6 Å². The van der Waals surface area contributed by atoms with E-state index >= 15 is 0 Å². The standard InChI is InChI=1S/C19H21NO3.C3H6.C2H6/c1-22-15-3-4-16-12(7-15)5-6-20-11-14-10-19(23-2)18(21)9-13(14)8-17(16)20;1-3-2;1-2/h3-4,7,9-10,17,21H,5-6,8,11H2,1-2H3;3H,1H2,2H3;1-2H3. The van der Waals surface area contributed by atoms with E-state index in [-0.39, 0.29) is 5.75 Å². The predicted molar refractivity (Wildman–Crippen MR) is 115 cm³/mol. The van der Waals surface area contributed by atoms with Gasteiger partial charge in [-0.05, 0) is 66.3 Å². The Bertz CT molecular complexity index is 801. The molecule has 4 rings (SSSR count). The van der Waals surface area contributed by atoms with E-state index in [9.17, 15) is 5.11 Å². The van der Waals surface area contributed by atoms with Gasteiger partial charge in [0.2, 0.25) is 0 Å². The van der Waals surface area contributed by atoms with Gasteiger partial charge in [0, 0.05) is 19.1 Å². The number of hydrogen-bond acceptors (Lipinski definition) is 4. The highest BCUT2D eigenvalue weighted by atomic mass is 16.5. The number of phenolic OH excluding ortho intramolecular Hbond substituents is 1. The maximum Gasteiger partial charge on any atom is 0.160 e. The second-order valence-corrected chi connectivity index (χ2v) is 6.71. The Morgan fingerprint density at radius 2 is 1.79 bits per heavy atom. The van der Waals surface area contributed by atoms with Crippen molar-refractivity contribution in [3.8, 4) is 17.2 Å². The summed E-state index contributed by atoms with van der Waals surface area (Å²) in [6, 6.07) is 10.6. The zero-order valence-electron chi connectivity index (χ0n) is 17.8. The first kappa shape index (κ1) is 21.8. The van der Waals surface area contributed by atoms with E-state index < -0.39 is 0 Å². The molecule has 2 aromatic rings. The van der Waals surface area contributed by atoms with Crippen LogP contribution in [0.5, 0.6) is 17.2 Å². The summed E-state index contributed by atoms with van der Waals surface area (Å²) in [5.41, 5.74) is 5.24. The molecule has 0 saturated carbocycles. The van der Waals surface area contributed by atoms with Crippen LogP contribution in [0, 0.1) is 0 Å². The third-order valence-corrected chi connectivity index (χ3v) is 5.11. The summed E-state index contributed by atoms with van der Waals surface area (Å²) in [6.45, 7) is 11.2. The van der Waals surface area contributed by atoms with Crippen LogP contribution in [0.2, 0.25) is 0 Å². The third-order valence-electron chi connectivity index (χ3n) is 5.11. The average molecular weight is 384 g/mol. The maximum absolute atomic E-state index is 10.1. The number of rotatable bonds is 2. The van der Waals surface area contributed by atoms with E-state index in [1.165, 1.54) is 22.3 Å². The number of hydrogen-bond donors (Lipinski definition) is 1. The van der Waals surface area contributed by atoms with E-state index in [0.29, 0.717) is 11.8 Å². The quantitative estimate of drug-likeness (QED) is 0.716. The lowest BCUT2D eigenvalue weighted by atomic mass is 9.84. The highest BCUT2D eigenvalue weighted by molar-refractivity contribution is 5.49. The number of nitrogens with zero attached hydrogens (tertiary/aromatic N) is 1. The SMILES string of the molecule is C=CC.CC.COc1ccc2c(c1)CCN1Cc3cc(OC)c(O)cc3CC21. The van der Waals surface area contributed by atoms with Crippen molar-refractivity contribution in [3.05, 3.63) is 65.2 Å². The number of phenols is 1. The van der Waals surface area contributed by atoms with Gasteiger partial charge in [0.25, 0.3) is 0 Å². The Labute approximate surface area is 169 Å². The van der Waals surface area contributed by atoms with Crippen LogP contribution < -0.4 is 9.47 Å². The lowest BCUT2D eigenvalue weighted by molar-refractivity contribution is 0.160. The van der Waals surface area contributed by atoms with Crippen molar-refractivity contribution in [2.75, 3.05) is 20.8 Å². The summed E-state index contributed by atoms with van der Waals surface area (Å²) in [4.78, 5) is 2.52. The first-order valence-corrected chi connectivity index (χ1v) is 9.97. The molecule has 2 heterocycles. The number of aromatic hydroxyl groups is 1. The van der Waals surface area contributed by atoms with Crippen molar-refractivity contribution >= 4 is 0 Å². The van der Waals surface area contributed by atoms with Gasteiger partial charge in [0.1, 0.15) is 5.75 Å². The zero-order valence-corrected chi connectivity index (χ0v) is 17.8. The van der Waals surface area contributed by atoms with Gasteiger partial charge in [-0.25, -0.2) is 0 Å². The molecule has 0 radical (unpaired) electrons. The van der Waals surface area contributed by atoms with Crippen molar-refractivity contribution < 1.29 is 14.6 Å². The molecule has 2 aromatic carbocycles. The third kappa shape index (κ3) is 4.50. The molecule has 0 bridgehead atoms. The van der Waals surface area contributed by atoms with Gasteiger partial charge < -0.3 is 14.6 Å². The van der Waals surface area contributed by atoms with Crippen LogP contribution in [-0.2, 0) is 19.4 Å². The Balaban J connectivity index is 0.000000514. The molecule has 0 aromatic heterocycles. The molecule has 0 amide bonds. The molecular formula is C24H33NO3. The normalized spacial score (nSPS) is 16.7. The average Bonchev–Trinajstić information content (AvgIpc) is 2.73. The first-order valence-electron chi connectivity index (χ1n) is 9.97. The summed E-state index contributed by atoms with van der Waals surface area (Å²) in [5.74, 6) is 1.71. The highest BCUT2D eigenvalue weighted by Gasteiger charge is 2.32. The molecule has 1 unspecified atom stereocenters. The first-order chi connectivity index (χ1) is 13.6. The maximum atomic E-state index is 10.1. The molecule has 2 aliphatic rings. The van der Waals surface area contributed by atoms with Crippen LogP contribution >= 0.6 is 0 Å². The monoisotopic (exact) mass is 383 g/mol. The van der Waals surface area contributed by atoms with E-state index in [4.69, 9.17) is 9.47 Å². The molecule has 4 heteroatoms. The predicted octanol–water partition coefficient (Wildman–Crippen LogP) is 5.28. The van der Waals surface area contributed by atoms with Crippen molar-refractivity contribution in [3.63, 3.8) is 0 Å². The number of fused-ring (bicyclic) bond motifs is 4. The summed E-state index contributed by atoms with van der Waals surface area (Å²) in [6.07, 6.45) is 3.72. The Morgan fingerprint density at radius 3 is 2.43 bits per heavy atom. The van der Waals surface area contributed by atoms with Gasteiger partial charge in [-0.15, -0.1) is 6.58 Å². The van der Waals surface area contributed by atoms with Gasteiger partial charge in [-0.2, -0.15) is 0 Å². The van der Waals surface area contributed by atoms with Crippen LogP contribution in [0.25, 0.3) is 0 Å². The second kappa shape index (κ2) is 10.2. The van der Waals surface area contributed by atoms with Crippen molar-refractivity contribution in [1.29, 1.82) is 0 Å². The van der Waals surface area contributed by atoms with E-state index in [1.54, 1.807) is 20.3 Å². The van der Waals surface area contributed by atoms with Crippen molar-refractivity contribution in [2.45, 2.75) is 46.2 Å². The highest BCUT2D eigenvalue weighted by Crippen LogP contribution is 2.41. The summed E-state index contributed by atoms with van der Waals surface area (Å²) in [5, 5.41) is 10.1. The molecular weight excluding hydrogens is 350 g/mol. The zero-order chi connectivity index (χ0) is 20.7. The molecule has 0 spiro atoms. The second-order valence-electron chi connectivity index (χ2n) is 6.71. The van der Waals surface area contributed by atoms with Crippen LogP contribution in [0.15, 0.2) is 43.0 Å². The molecule has 2 aliphatic heterocycles. The number of allylic oxidation sites excluding steroid dienone is 1. The number of benzene rings is 2. The number of methoxy groups -OCH3 is 2. The van der Waals surface area contributed by atoms with Gasteiger partial charge in [-0.1, -0.05) is 26.0 Å². The summed E-state index contributed by atoms with van der Waals surface area (Å²) in [7, 11) is 3.31. The number of ether oxygens (including phenoxy) is 2. The molecule has 0 fully saturated rings. The van der Waals surface area contributed by atoms with Crippen molar-refractivity contribution in [2.24, 2.45) is 0 Å². The van der Waals surface area contributed by atoms with Gasteiger partial charge in [-0.3, -0.25) is 4.90 Å². The molecule has 28 heavy (non-hydrogen) atoms. The fraction of sp³-hybridized carbons (Fsp3) is 0.417. The largest absolute Gasteiger partial charge is 0.504 e. The fourth-order valence-corrected chi connectivity index (χ4v) is 3.88. The lowest BCUT2D eigenvalue weighted by Crippen LogP contribution is -2.39. The van der Waals surface area contributed by atoms with Crippen LogP contribution in [0.4, 0.5) is 0 Å².